The van der Waals surface area contributed by atoms with Crippen LogP contribution in [0.25, 0.3) is 0 Å². The molecule has 1 saturated heterocycles. The van der Waals surface area contributed by atoms with Gasteiger partial charge >= 0.3 is 0 Å². The molecule has 4 heteroatoms. The van der Waals surface area contributed by atoms with Gasteiger partial charge in [0.25, 0.3) is 0 Å². The Morgan fingerprint density at radius 3 is 2.93 bits per heavy atom. The van der Waals surface area contributed by atoms with E-state index in [4.69, 9.17) is 15.2 Å². The number of hydrogen-bond acceptors (Lipinski definition) is 3. The summed E-state index contributed by atoms with van der Waals surface area (Å²) in [5.41, 5.74) is 6.59. The third kappa shape index (κ3) is 2.58. The van der Waals surface area contributed by atoms with Crippen LogP contribution in [-0.4, -0.2) is 19.4 Å². The van der Waals surface area contributed by atoms with Crippen molar-refractivity contribution >= 4 is 15.9 Å². The van der Waals surface area contributed by atoms with Gasteiger partial charge in [-0.15, -0.1) is 0 Å². The average molecular weight is 272 g/mol. The van der Waals surface area contributed by atoms with E-state index in [9.17, 15) is 0 Å². The summed E-state index contributed by atoms with van der Waals surface area (Å²) in [6, 6.07) is 8.04. The number of ether oxygens (including phenoxy) is 2. The van der Waals surface area contributed by atoms with Crippen molar-refractivity contribution in [2.75, 3.05) is 13.2 Å². The van der Waals surface area contributed by atoms with E-state index in [2.05, 4.69) is 15.9 Å². The van der Waals surface area contributed by atoms with E-state index < -0.39 is 0 Å². The van der Waals surface area contributed by atoms with Gasteiger partial charge in [0.1, 0.15) is 6.10 Å². The van der Waals surface area contributed by atoms with Crippen molar-refractivity contribution in [2.45, 2.75) is 18.8 Å². The quantitative estimate of drug-likeness (QED) is 0.917. The molecule has 1 heterocycles. The van der Waals surface area contributed by atoms with E-state index in [1.807, 2.05) is 24.3 Å². The summed E-state index contributed by atoms with van der Waals surface area (Å²) in [6.07, 6.45) is 0.630. The standard InChI is InChI=1S/C11H14BrNO2/c12-9-4-2-1-3-8(9)10-7-14-11(15-10)5-6-13/h1-4,10-11H,5-7,13H2. The first kappa shape index (κ1) is 11.1. The van der Waals surface area contributed by atoms with E-state index in [-0.39, 0.29) is 12.4 Å². The van der Waals surface area contributed by atoms with Crippen LogP contribution in [0.15, 0.2) is 28.7 Å². The second kappa shape index (κ2) is 5.07. The van der Waals surface area contributed by atoms with Gasteiger partial charge in [-0.3, -0.25) is 0 Å². The zero-order valence-corrected chi connectivity index (χ0v) is 9.94. The van der Waals surface area contributed by atoms with Crippen LogP contribution in [0.1, 0.15) is 18.1 Å². The topological polar surface area (TPSA) is 44.5 Å². The van der Waals surface area contributed by atoms with Crippen LogP contribution in [0.2, 0.25) is 0 Å². The Bertz CT molecular complexity index is 332. The molecule has 82 valence electrons. The lowest BCUT2D eigenvalue weighted by Crippen LogP contribution is -2.14. The summed E-state index contributed by atoms with van der Waals surface area (Å²) in [4.78, 5) is 0. The summed E-state index contributed by atoms with van der Waals surface area (Å²) >= 11 is 3.50. The fourth-order valence-electron chi connectivity index (χ4n) is 1.64. The van der Waals surface area contributed by atoms with Crippen LogP contribution in [-0.2, 0) is 9.47 Å². The fraction of sp³-hybridized carbons (Fsp3) is 0.455. The van der Waals surface area contributed by atoms with E-state index in [1.165, 1.54) is 0 Å². The minimum absolute atomic E-state index is 0.0251. The van der Waals surface area contributed by atoms with E-state index in [1.54, 1.807) is 0 Å². The smallest absolute Gasteiger partial charge is 0.159 e. The highest BCUT2D eigenvalue weighted by Crippen LogP contribution is 2.31. The molecule has 2 unspecified atom stereocenters. The third-order valence-corrected chi connectivity index (χ3v) is 3.13. The zero-order chi connectivity index (χ0) is 10.7. The minimum atomic E-state index is -0.146. The molecule has 3 nitrogen and oxygen atoms in total. The van der Waals surface area contributed by atoms with Crippen molar-refractivity contribution in [3.8, 4) is 0 Å². The molecular formula is C11H14BrNO2. The van der Waals surface area contributed by atoms with E-state index in [0.29, 0.717) is 13.2 Å². The maximum absolute atomic E-state index is 5.74. The van der Waals surface area contributed by atoms with Gasteiger partial charge in [0.15, 0.2) is 6.29 Å². The molecule has 15 heavy (non-hydrogen) atoms. The van der Waals surface area contributed by atoms with Crippen LogP contribution in [0.5, 0.6) is 0 Å². The molecule has 1 aromatic rings. The SMILES string of the molecule is NCCC1OCC(c2ccccc2Br)O1. The number of nitrogens with two attached hydrogens (primary N) is 1. The molecule has 1 aliphatic rings. The van der Waals surface area contributed by atoms with Gasteiger partial charge in [-0.2, -0.15) is 0 Å². The molecule has 0 aliphatic carbocycles. The molecule has 0 aromatic heterocycles. The molecule has 0 radical (unpaired) electrons. The van der Waals surface area contributed by atoms with Gasteiger partial charge in [0, 0.05) is 10.9 Å². The van der Waals surface area contributed by atoms with Crippen LogP contribution >= 0.6 is 15.9 Å². The number of benzene rings is 1. The first-order chi connectivity index (χ1) is 7.31. The van der Waals surface area contributed by atoms with Crippen LogP contribution in [0.4, 0.5) is 0 Å². The van der Waals surface area contributed by atoms with Crippen molar-refractivity contribution in [2.24, 2.45) is 5.73 Å². The fourth-order valence-corrected chi connectivity index (χ4v) is 2.18. The van der Waals surface area contributed by atoms with Crippen LogP contribution < -0.4 is 5.73 Å². The highest BCUT2D eigenvalue weighted by atomic mass is 79.9. The lowest BCUT2D eigenvalue weighted by molar-refractivity contribution is -0.0607. The number of rotatable bonds is 3. The number of halogens is 1. The van der Waals surface area contributed by atoms with Gasteiger partial charge in [0.05, 0.1) is 6.61 Å². The van der Waals surface area contributed by atoms with Crippen molar-refractivity contribution in [1.29, 1.82) is 0 Å². The average Bonchev–Trinajstić information content (AvgIpc) is 2.68. The molecule has 1 fully saturated rings. The first-order valence-electron chi connectivity index (χ1n) is 5.03. The predicted molar refractivity (Wildman–Crippen MR) is 61.4 cm³/mol. The Morgan fingerprint density at radius 2 is 2.20 bits per heavy atom. The monoisotopic (exact) mass is 271 g/mol. The van der Waals surface area contributed by atoms with Crippen molar-refractivity contribution in [1.82, 2.24) is 0 Å². The normalized spacial score (nSPS) is 25.7. The Labute approximate surface area is 97.7 Å². The molecule has 2 atom stereocenters. The predicted octanol–water partition coefficient (Wildman–Crippen LogP) is 2.21. The van der Waals surface area contributed by atoms with Gasteiger partial charge in [-0.25, -0.2) is 0 Å². The van der Waals surface area contributed by atoms with Gasteiger partial charge < -0.3 is 15.2 Å². The second-order valence-electron chi connectivity index (χ2n) is 3.49. The van der Waals surface area contributed by atoms with Gasteiger partial charge in [0.2, 0.25) is 0 Å². The summed E-state index contributed by atoms with van der Waals surface area (Å²) < 4.78 is 12.3. The Morgan fingerprint density at radius 1 is 1.40 bits per heavy atom. The Hall–Kier alpha value is -0.420. The molecule has 2 N–H and O–H groups in total. The second-order valence-corrected chi connectivity index (χ2v) is 4.34. The van der Waals surface area contributed by atoms with E-state index in [0.717, 1.165) is 16.5 Å². The molecule has 0 saturated carbocycles. The summed E-state index contributed by atoms with van der Waals surface area (Å²) in [6.45, 7) is 1.20. The summed E-state index contributed by atoms with van der Waals surface area (Å²) in [7, 11) is 0. The lowest BCUT2D eigenvalue weighted by atomic mass is 10.1. The van der Waals surface area contributed by atoms with Crippen LogP contribution in [0, 0.1) is 0 Å². The molecule has 0 bridgehead atoms. The highest BCUT2D eigenvalue weighted by molar-refractivity contribution is 9.10. The Balaban J connectivity index is 2.04. The molecule has 0 spiro atoms. The van der Waals surface area contributed by atoms with Crippen molar-refractivity contribution in [3.63, 3.8) is 0 Å². The minimum Gasteiger partial charge on any atom is -0.350 e. The highest BCUT2D eigenvalue weighted by Gasteiger charge is 2.27. The first-order valence-corrected chi connectivity index (χ1v) is 5.82. The molecule has 1 aliphatic heterocycles. The molecule has 1 aromatic carbocycles. The third-order valence-electron chi connectivity index (χ3n) is 2.40. The van der Waals surface area contributed by atoms with E-state index >= 15 is 0 Å². The number of hydrogen-bond donors (Lipinski definition) is 1. The van der Waals surface area contributed by atoms with Crippen LogP contribution in [0.3, 0.4) is 0 Å². The molecule has 0 amide bonds. The summed E-state index contributed by atoms with van der Waals surface area (Å²) in [5, 5.41) is 0. The molecular weight excluding hydrogens is 258 g/mol. The Kier molecular flexibility index (Phi) is 3.75. The van der Waals surface area contributed by atoms with Crippen molar-refractivity contribution < 1.29 is 9.47 Å². The molecule has 2 rings (SSSR count). The van der Waals surface area contributed by atoms with Gasteiger partial charge in [-0.1, -0.05) is 34.1 Å². The lowest BCUT2D eigenvalue weighted by Gasteiger charge is -2.12. The summed E-state index contributed by atoms with van der Waals surface area (Å²) in [5.74, 6) is 0. The zero-order valence-electron chi connectivity index (χ0n) is 8.36. The van der Waals surface area contributed by atoms with Gasteiger partial charge in [-0.05, 0) is 18.2 Å². The maximum Gasteiger partial charge on any atom is 0.159 e. The maximum atomic E-state index is 5.74. The van der Waals surface area contributed by atoms with Crippen molar-refractivity contribution in [3.05, 3.63) is 34.3 Å². The largest absolute Gasteiger partial charge is 0.350 e.